The quantitative estimate of drug-likeness (QED) is 0.189. The number of carbonyl (C=O) groups excluding carboxylic acids is 2. The molecule has 0 radical (unpaired) electrons. The second-order valence-corrected chi connectivity index (χ2v) is 11.4. The number of para-hydroxylation sites is 1. The number of anilines is 3. The van der Waals surface area contributed by atoms with E-state index >= 15 is 0 Å². The number of allylic oxidation sites excluding steroid dienone is 1. The predicted molar refractivity (Wildman–Crippen MR) is 155 cm³/mol. The van der Waals surface area contributed by atoms with Crippen LogP contribution in [0.15, 0.2) is 78.4 Å². The van der Waals surface area contributed by atoms with Crippen molar-refractivity contribution in [2.24, 2.45) is 23.7 Å². The predicted octanol–water partition coefficient (Wildman–Crippen LogP) is 7.33. The molecule has 3 aromatic carbocycles. The zero-order valence-electron chi connectivity index (χ0n) is 23.4. The number of rotatable bonds is 8. The van der Waals surface area contributed by atoms with Crippen molar-refractivity contribution in [1.82, 2.24) is 5.32 Å². The Hall–Kier alpha value is -4.34. The third-order valence-corrected chi connectivity index (χ3v) is 8.60. The van der Waals surface area contributed by atoms with Crippen molar-refractivity contribution in [3.63, 3.8) is 0 Å². The van der Waals surface area contributed by atoms with E-state index in [1.807, 2.05) is 30.3 Å². The van der Waals surface area contributed by atoms with Crippen LogP contribution in [0, 0.1) is 29.5 Å². The first kappa shape index (κ1) is 28.8. The molecule has 43 heavy (non-hydrogen) atoms. The molecule has 2 bridgehead atoms. The van der Waals surface area contributed by atoms with Gasteiger partial charge in [0.1, 0.15) is 11.6 Å². The summed E-state index contributed by atoms with van der Waals surface area (Å²) >= 11 is 0. The molecule has 6 nitrogen and oxygen atoms in total. The normalized spacial score (nSPS) is 23.7. The highest BCUT2D eigenvalue weighted by Crippen LogP contribution is 2.54. The summed E-state index contributed by atoms with van der Waals surface area (Å²) < 4.78 is 59.3. The summed E-state index contributed by atoms with van der Waals surface area (Å²) in [7, 11) is 1.47. The first-order valence-electron chi connectivity index (χ1n) is 14.3. The maximum atomic E-state index is 13.9. The van der Waals surface area contributed by atoms with Gasteiger partial charge < -0.3 is 20.7 Å². The van der Waals surface area contributed by atoms with Crippen LogP contribution in [0.1, 0.15) is 41.6 Å². The van der Waals surface area contributed by atoms with Crippen molar-refractivity contribution in [2.45, 2.75) is 37.9 Å². The molecule has 0 saturated heterocycles. The second kappa shape index (κ2) is 11.4. The fourth-order valence-corrected chi connectivity index (χ4v) is 6.49. The highest BCUT2D eigenvalue weighted by atomic mass is 19.4. The molecule has 2 amide bonds. The molecule has 0 aromatic heterocycles. The third-order valence-electron chi connectivity index (χ3n) is 8.60. The van der Waals surface area contributed by atoms with Crippen LogP contribution in [0.5, 0.6) is 5.75 Å². The van der Waals surface area contributed by atoms with E-state index in [1.54, 1.807) is 18.2 Å². The van der Waals surface area contributed by atoms with E-state index < -0.39 is 41.3 Å². The Labute approximate surface area is 246 Å². The second-order valence-electron chi connectivity index (χ2n) is 11.4. The van der Waals surface area contributed by atoms with Crippen molar-refractivity contribution in [2.75, 3.05) is 17.7 Å². The molecule has 3 aliphatic rings. The van der Waals surface area contributed by atoms with E-state index in [0.29, 0.717) is 29.5 Å². The number of hydrogen-bond acceptors (Lipinski definition) is 4. The zero-order valence-corrected chi connectivity index (χ0v) is 23.4. The number of methoxy groups -OCH3 is 1. The Morgan fingerprint density at radius 3 is 2.30 bits per heavy atom. The van der Waals surface area contributed by atoms with Gasteiger partial charge in [0.2, 0.25) is 5.91 Å². The van der Waals surface area contributed by atoms with Crippen LogP contribution in [-0.4, -0.2) is 25.0 Å². The van der Waals surface area contributed by atoms with Crippen molar-refractivity contribution < 1.29 is 31.9 Å². The van der Waals surface area contributed by atoms with Crippen LogP contribution >= 0.6 is 0 Å². The topological polar surface area (TPSA) is 79.5 Å². The van der Waals surface area contributed by atoms with Gasteiger partial charge >= 0.3 is 6.18 Å². The number of benzene rings is 3. The lowest BCUT2D eigenvalue weighted by atomic mass is 9.83. The van der Waals surface area contributed by atoms with Crippen molar-refractivity contribution in [3.05, 3.63) is 95.3 Å². The highest BCUT2D eigenvalue weighted by molar-refractivity contribution is 6.00. The van der Waals surface area contributed by atoms with Gasteiger partial charge in [0, 0.05) is 29.0 Å². The highest BCUT2D eigenvalue weighted by Gasteiger charge is 2.55. The van der Waals surface area contributed by atoms with Crippen molar-refractivity contribution in [3.8, 4) is 5.75 Å². The third kappa shape index (κ3) is 5.96. The summed E-state index contributed by atoms with van der Waals surface area (Å²) in [4.78, 5) is 27.5. The average molecular weight is 594 g/mol. The molecule has 6 rings (SSSR count). The fraction of sp³-hybridized carbons (Fsp3) is 0.333. The Balaban J connectivity index is 1.28. The van der Waals surface area contributed by atoms with Crippen LogP contribution in [-0.2, 0) is 11.0 Å². The number of amides is 2. The molecule has 3 saturated carbocycles. The Kier molecular flexibility index (Phi) is 7.62. The number of nitrogens with one attached hydrogen (secondary N) is 3. The summed E-state index contributed by atoms with van der Waals surface area (Å²) in [5.41, 5.74) is 1.33. The minimum absolute atomic E-state index is 0.0686. The standard InChI is InChI=1S/C33H31F4N3O3/c1-43-28-14-10-20(38-19-5-3-2-4-6-19)16-25(28)31(41)40-30-23-12-11-22(24(23)15-18-7-8-18)29(30)32(42)39-21-9-13-27(34)26(17-21)33(35,36)37/h2-6,9-10,13-18,22-23,29-30,38H,7-8,11-12H2,1H3,(H,39,42)(H,40,41)/b24-15-/t22-,23+,29-,30+/m0/s1. The number of halogens is 4. The fourth-order valence-electron chi connectivity index (χ4n) is 6.49. The van der Waals surface area contributed by atoms with Gasteiger partial charge in [-0.05, 0) is 86.1 Å². The van der Waals surface area contributed by atoms with Crippen molar-refractivity contribution in [1.29, 1.82) is 0 Å². The molecule has 0 unspecified atom stereocenters. The van der Waals surface area contributed by atoms with Crippen LogP contribution in [0.3, 0.4) is 0 Å². The van der Waals surface area contributed by atoms with Crippen LogP contribution in [0.2, 0.25) is 0 Å². The number of fused-ring (bicyclic) bond motifs is 2. The molecule has 0 heterocycles. The summed E-state index contributed by atoms with van der Waals surface area (Å²) in [5.74, 6) is -2.45. The van der Waals surface area contributed by atoms with Gasteiger partial charge in [-0.25, -0.2) is 4.39 Å². The first-order valence-corrected chi connectivity index (χ1v) is 14.3. The Bertz CT molecular complexity index is 1570. The summed E-state index contributed by atoms with van der Waals surface area (Å²) in [5, 5.41) is 8.93. The maximum absolute atomic E-state index is 13.9. The number of carbonyl (C=O) groups is 2. The van der Waals surface area contributed by atoms with E-state index in [9.17, 15) is 27.2 Å². The van der Waals surface area contributed by atoms with Crippen molar-refractivity contribution >= 4 is 28.9 Å². The minimum Gasteiger partial charge on any atom is -0.496 e. The number of alkyl halides is 3. The zero-order chi connectivity index (χ0) is 30.3. The Morgan fingerprint density at radius 1 is 0.884 bits per heavy atom. The van der Waals surface area contributed by atoms with E-state index in [4.69, 9.17) is 4.74 Å². The van der Waals surface area contributed by atoms with Gasteiger partial charge in [-0.1, -0.05) is 29.8 Å². The summed E-state index contributed by atoms with van der Waals surface area (Å²) in [6.07, 6.45) is 0.997. The Morgan fingerprint density at radius 2 is 1.60 bits per heavy atom. The molecule has 3 N–H and O–H groups in total. The molecule has 0 aliphatic heterocycles. The van der Waals surface area contributed by atoms with E-state index in [2.05, 4.69) is 22.0 Å². The smallest absolute Gasteiger partial charge is 0.419 e. The van der Waals surface area contributed by atoms with Crippen LogP contribution in [0.25, 0.3) is 0 Å². The molecular formula is C33H31F4N3O3. The summed E-state index contributed by atoms with van der Waals surface area (Å²) in [6, 6.07) is 16.5. The summed E-state index contributed by atoms with van der Waals surface area (Å²) in [6.45, 7) is 0. The lowest BCUT2D eigenvalue weighted by Crippen LogP contribution is -2.48. The lowest BCUT2D eigenvalue weighted by molar-refractivity contribution is -0.140. The van der Waals surface area contributed by atoms with Crippen LogP contribution in [0.4, 0.5) is 34.6 Å². The van der Waals surface area contributed by atoms with E-state index in [0.717, 1.165) is 43.0 Å². The molecule has 224 valence electrons. The first-order chi connectivity index (χ1) is 20.6. The maximum Gasteiger partial charge on any atom is 0.419 e. The molecule has 4 atom stereocenters. The molecule has 10 heteroatoms. The molecule has 3 fully saturated rings. The largest absolute Gasteiger partial charge is 0.496 e. The molecule has 0 spiro atoms. The minimum atomic E-state index is -4.91. The van der Waals surface area contributed by atoms with Gasteiger partial charge in [0.05, 0.1) is 24.2 Å². The number of hydrogen-bond donors (Lipinski definition) is 3. The SMILES string of the molecule is COc1ccc(Nc2ccccc2)cc1C(=O)N[C@H]1[C@@H](C(=O)Nc2ccc(F)c(C(F)(F)F)c2)[C@H]2CC[C@@H]1/C2=C\C1CC1. The molecule has 3 aromatic rings. The van der Waals surface area contributed by atoms with Gasteiger partial charge in [-0.3, -0.25) is 9.59 Å². The van der Waals surface area contributed by atoms with Crippen LogP contribution < -0.4 is 20.7 Å². The molecular weight excluding hydrogens is 562 g/mol. The molecule has 3 aliphatic carbocycles. The van der Waals surface area contributed by atoms with Gasteiger partial charge in [0.15, 0.2) is 0 Å². The van der Waals surface area contributed by atoms with E-state index in [1.165, 1.54) is 7.11 Å². The van der Waals surface area contributed by atoms with Gasteiger partial charge in [-0.2, -0.15) is 13.2 Å². The lowest BCUT2D eigenvalue weighted by Gasteiger charge is -2.30. The number of ether oxygens (including phenoxy) is 1. The van der Waals surface area contributed by atoms with Gasteiger partial charge in [-0.15, -0.1) is 0 Å². The van der Waals surface area contributed by atoms with E-state index in [-0.39, 0.29) is 23.1 Å². The monoisotopic (exact) mass is 593 g/mol. The average Bonchev–Trinajstić information content (AvgIpc) is 3.66. The van der Waals surface area contributed by atoms with Gasteiger partial charge in [0.25, 0.3) is 5.91 Å².